The Morgan fingerprint density at radius 1 is 1.42 bits per heavy atom. The largest absolute Gasteiger partial charge is 0.507 e. The van der Waals surface area contributed by atoms with Gasteiger partial charge in [0.15, 0.2) is 6.23 Å². The summed E-state index contributed by atoms with van der Waals surface area (Å²) in [5, 5.41) is 12.9. The molecule has 2 atom stereocenters. The molecule has 0 fully saturated rings. The molecule has 0 amide bonds. The van der Waals surface area contributed by atoms with E-state index < -0.39 is 43.0 Å². The van der Waals surface area contributed by atoms with Crippen molar-refractivity contribution >= 4 is 17.8 Å². The van der Waals surface area contributed by atoms with Gasteiger partial charge in [-0.15, -0.1) is 0 Å². The second kappa shape index (κ2) is 6.63. The predicted octanol–water partition coefficient (Wildman–Crippen LogP) is 2.46. The minimum absolute atomic E-state index is 0.0561. The standard InChI is InChI=1S/C14H12ClF3N4O4/c15-9-2-1-7(5-19-9)6-21-12(23)22-10(20-21)3-8(14(16,17)18)4-11(22)26-13(24)25/h1-2,5,8,11H,3-4,6H2,(H,24,25). The number of ether oxygens (including phenoxy) is 1. The number of pyridine rings is 1. The van der Waals surface area contributed by atoms with Crippen molar-refractivity contribution in [2.45, 2.75) is 31.8 Å². The van der Waals surface area contributed by atoms with Crippen molar-refractivity contribution in [1.82, 2.24) is 19.3 Å². The number of hydrogen-bond acceptors (Lipinski definition) is 5. The highest BCUT2D eigenvalue weighted by molar-refractivity contribution is 6.29. The van der Waals surface area contributed by atoms with Crippen molar-refractivity contribution in [2.24, 2.45) is 5.92 Å². The number of nitrogens with zero attached hydrogens (tertiary/aromatic N) is 4. The lowest BCUT2D eigenvalue weighted by Crippen LogP contribution is -2.39. The number of halogens is 4. The summed E-state index contributed by atoms with van der Waals surface area (Å²) in [4.78, 5) is 27.2. The molecular formula is C14H12ClF3N4O4. The van der Waals surface area contributed by atoms with Gasteiger partial charge in [-0.3, -0.25) is 0 Å². The second-order valence-electron chi connectivity index (χ2n) is 5.73. The number of carbonyl (C=O) groups is 1. The molecule has 1 aliphatic rings. The van der Waals surface area contributed by atoms with Crippen LogP contribution in [0.3, 0.4) is 0 Å². The summed E-state index contributed by atoms with van der Waals surface area (Å²) in [5.41, 5.74) is -0.211. The molecule has 2 aromatic heterocycles. The third kappa shape index (κ3) is 3.66. The Morgan fingerprint density at radius 2 is 2.15 bits per heavy atom. The number of aromatic nitrogens is 4. The van der Waals surface area contributed by atoms with Crippen LogP contribution in [0, 0.1) is 5.92 Å². The number of alkyl halides is 3. The van der Waals surface area contributed by atoms with Crippen LogP contribution in [0.4, 0.5) is 18.0 Å². The quantitative estimate of drug-likeness (QED) is 0.636. The molecule has 0 aromatic carbocycles. The normalized spacial score (nSPS) is 19.8. The zero-order chi connectivity index (χ0) is 19.1. The van der Waals surface area contributed by atoms with Gasteiger partial charge in [-0.05, 0) is 11.6 Å². The molecular weight excluding hydrogens is 381 g/mol. The highest BCUT2D eigenvalue weighted by Gasteiger charge is 2.46. The highest BCUT2D eigenvalue weighted by Crippen LogP contribution is 2.38. The predicted molar refractivity (Wildman–Crippen MR) is 80.8 cm³/mol. The third-order valence-electron chi connectivity index (χ3n) is 3.96. The molecule has 3 rings (SSSR count). The van der Waals surface area contributed by atoms with E-state index >= 15 is 0 Å². The van der Waals surface area contributed by atoms with Crippen molar-refractivity contribution < 1.29 is 27.8 Å². The molecule has 2 unspecified atom stereocenters. The zero-order valence-corrected chi connectivity index (χ0v) is 13.7. The Bertz CT molecular complexity index is 878. The summed E-state index contributed by atoms with van der Waals surface area (Å²) in [6, 6.07) is 3.08. The Labute approximate surface area is 148 Å². The van der Waals surface area contributed by atoms with Gasteiger partial charge in [0, 0.05) is 19.0 Å². The van der Waals surface area contributed by atoms with Crippen molar-refractivity contribution in [2.75, 3.05) is 0 Å². The van der Waals surface area contributed by atoms with Crippen molar-refractivity contribution in [3.8, 4) is 0 Å². The minimum Gasteiger partial charge on any atom is -0.450 e. The molecule has 0 spiro atoms. The third-order valence-corrected chi connectivity index (χ3v) is 4.19. The summed E-state index contributed by atoms with van der Waals surface area (Å²) >= 11 is 5.68. The van der Waals surface area contributed by atoms with E-state index in [0.717, 1.165) is 9.25 Å². The first-order valence-electron chi connectivity index (χ1n) is 7.40. The monoisotopic (exact) mass is 392 g/mol. The Morgan fingerprint density at radius 3 is 2.73 bits per heavy atom. The summed E-state index contributed by atoms with van der Waals surface area (Å²) in [7, 11) is 0. The van der Waals surface area contributed by atoms with Gasteiger partial charge < -0.3 is 9.84 Å². The second-order valence-corrected chi connectivity index (χ2v) is 6.12. The van der Waals surface area contributed by atoms with Gasteiger partial charge in [0.25, 0.3) is 0 Å². The Kier molecular flexibility index (Phi) is 4.65. The van der Waals surface area contributed by atoms with Crippen LogP contribution < -0.4 is 5.69 Å². The average molecular weight is 393 g/mol. The van der Waals surface area contributed by atoms with E-state index in [1.54, 1.807) is 6.07 Å². The fraction of sp³-hybridized carbons (Fsp3) is 0.429. The van der Waals surface area contributed by atoms with Crippen LogP contribution in [0.2, 0.25) is 5.15 Å². The molecule has 26 heavy (non-hydrogen) atoms. The molecule has 12 heteroatoms. The maximum Gasteiger partial charge on any atom is 0.507 e. The van der Waals surface area contributed by atoms with E-state index in [-0.39, 0.29) is 17.5 Å². The number of fused-ring (bicyclic) bond motifs is 1. The minimum atomic E-state index is -4.56. The molecule has 3 heterocycles. The van der Waals surface area contributed by atoms with Crippen LogP contribution in [0.1, 0.15) is 24.0 Å². The molecule has 2 aromatic rings. The smallest absolute Gasteiger partial charge is 0.450 e. The van der Waals surface area contributed by atoms with Crippen LogP contribution in [0.25, 0.3) is 0 Å². The summed E-state index contributed by atoms with van der Waals surface area (Å²) in [6.45, 7) is -0.0561. The summed E-state index contributed by atoms with van der Waals surface area (Å²) < 4.78 is 45.6. The number of hydrogen-bond donors (Lipinski definition) is 1. The van der Waals surface area contributed by atoms with Crippen LogP contribution >= 0.6 is 11.6 Å². The number of rotatable bonds is 3. The molecule has 0 bridgehead atoms. The molecule has 0 aliphatic carbocycles. The summed E-state index contributed by atoms with van der Waals surface area (Å²) in [5.74, 6) is -2.04. The van der Waals surface area contributed by atoms with Crippen LogP contribution in [-0.2, 0) is 17.7 Å². The van der Waals surface area contributed by atoms with Gasteiger partial charge in [-0.2, -0.15) is 18.3 Å². The first-order chi connectivity index (χ1) is 12.1. The van der Waals surface area contributed by atoms with Gasteiger partial charge in [-0.1, -0.05) is 17.7 Å². The van der Waals surface area contributed by atoms with E-state index in [1.165, 1.54) is 12.3 Å². The van der Waals surface area contributed by atoms with Gasteiger partial charge in [-0.25, -0.2) is 23.8 Å². The molecule has 8 nitrogen and oxygen atoms in total. The van der Waals surface area contributed by atoms with E-state index in [4.69, 9.17) is 16.7 Å². The van der Waals surface area contributed by atoms with Crippen molar-refractivity contribution in [3.05, 3.63) is 45.4 Å². The van der Waals surface area contributed by atoms with Gasteiger partial charge in [0.05, 0.1) is 12.5 Å². The van der Waals surface area contributed by atoms with Gasteiger partial charge in [0.1, 0.15) is 11.0 Å². The van der Waals surface area contributed by atoms with E-state index in [0.29, 0.717) is 5.56 Å². The maximum absolute atomic E-state index is 13.1. The first kappa shape index (κ1) is 18.2. The van der Waals surface area contributed by atoms with Gasteiger partial charge in [0.2, 0.25) is 0 Å². The lowest BCUT2D eigenvalue weighted by molar-refractivity contribution is -0.191. The van der Waals surface area contributed by atoms with Crippen molar-refractivity contribution in [3.63, 3.8) is 0 Å². The van der Waals surface area contributed by atoms with Crippen molar-refractivity contribution in [1.29, 1.82) is 0 Å². The van der Waals surface area contributed by atoms with Crippen LogP contribution in [-0.4, -0.2) is 36.8 Å². The van der Waals surface area contributed by atoms with Crippen LogP contribution in [0.5, 0.6) is 0 Å². The first-order valence-corrected chi connectivity index (χ1v) is 7.78. The lowest BCUT2D eigenvalue weighted by Gasteiger charge is -2.29. The fourth-order valence-electron chi connectivity index (χ4n) is 2.79. The lowest BCUT2D eigenvalue weighted by atomic mass is 9.96. The highest BCUT2D eigenvalue weighted by atomic mass is 35.5. The van der Waals surface area contributed by atoms with E-state index in [9.17, 15) is 22.8 Å². The fourth-order valence-corrected chi connectivity index (χ4v) is 2.90. The molecule has 0 saturated carbocycles. The number of carboxylic acid groups (broad SMARTS) is 1. The van der Waals surface area contributed by atoms with E-state index in [2.05, 4.69) is 14.8 Å². The molecule has 140 valence electrons. The van der Waals surface area contributed by atoms with E-state index in [1.807, 2.05) is 0 Å². The maximum atomic E-state index is 13.1. The Hall–Kier alpha value is -2.56. The molecule has 0 saturated heterocycles. The zero-order valence-electron chi connectivity index (χ0n) is 13.0. The average Bonchev–Trinajstić information content (AvgIpc) is 2.84. The van der Waals surface area contributed by atoms with Gasteiger partial charge >= 0.3 is 18.0 Å². The summed E-state index contributed by atoms with van der Waals surface area (Å²) in [6.07, 6.45) is -7.75. The SMILES string of the molecule is O=C(O)OC1CC(C(F)(F)F)Cc2nn(Cc3ccc(Cl)nc3)c(=O)n21. The molecule has 1 N–H and O–H groups in total. The molecule has 1 aliphatic heterocycles. The topological polar surface area (TPSA) is 99.2 Å². The molecule has 0 radical (unpaired) electrons. The van der Waals surface area contributed by atoms with Crippen LogP contribution in [0.15, 0.2) is 23.1 Å². The Balaban J connectivity index is 1.97.